The summed E-state index contributed by atoms with van der Waals surface area (Å²) in [5.41, 5.74) is 2.78. The van der Waals surface area contributed by atoms with Crippen LogP contribution in [-0.4, -0.2) is 20.7 Å². The first-order chi connectivity index (χ1) is 12.5. The molecule has 0 aliphatic rings. The number of carbonyl (C=O) groups excluding carboxylic acids is 1. The standard InChI is InChI=1S/C19H19ClN4OS/c1-13-5-3-4-6-16(13)18(25)21-11-17-22-23-19(24(17)2)26-12-14-7-9-15(20)10-8-14/h3-10H,11-12H2,1-2H3,(H,21,25). The Labute approximate surface area is 161 Å². The van der Waals surface area contributed by atoms with Gasteiger partial charge in [-0.15, -0.1) is 10.2 Å². The molecule has 3 rings (SSSR count). The summed E-state index contributed by atoms with van der Waals surface area (Å²) in [5, 5.41) is 12.8. The summed E-state index contributed by atoms with van der Waals surface area (Å²) in [6, 6.07) is 15.2. The van der Waals surface area contributed by atoms with Gasteiger partial charge in [0.15, 0.2) is 11.0 Å². The summed E-state index contributed by atoms with van der Waals surface area (Å²) >= 11 is 7.50. The predicted octanol–water partition coefficient (Wildman–Crippen LogP) is 4.00. The summed E-state index contributed by atoms with van der Waals surface area (Å²) in [4.78, 5) is 12.3. The highest BCUT2D eigenvalue weighted by Gasteiger charge is 2.12. The van der Waals surface area contributed by atoms with Gasteiger partial charge in [0.05, 0.1) is 6.54 Å². The van der Waals surface area contributed by atoms with Gasteiger partial charge in [-0.25, -0.2) is 0 Å². The Hall–Kier alpha value is -2.31. The van der Waals surface area contributed by atoms with E-state index in [-0.39, 0.29) is 5.91 Å². The molecule has 134 valence electrons. The number of benzene rings is 2. The van der Waals surface area contributed by atoms with Crippen molar-refractivity contribution in [3.05, 3.63) is 76.1 Å². The first kappa shape index (κ1) is 18.5. The number of hydrogen-bond acceptors (Lipinski definition) is 4. The normalized spacial score (nSPS) is 10.7. The largest absolute Gasteiger partial charge is 0.345 e. The van der Waals surface area contributed by atoms with Gasteiger partial charge in [-0.2, -0.15) is 0 Å². The lowest BCUT2D eigenvalue weighted by atomic mass is 10.1. The quantitative estimate of drug-likeness (QED) is 0.650. The zero-order valence-corrected chi connectivity index (χ0v) is 16.1. The topological polar surface area (TPSA) is 59.8 Å². The van der Waals surface area contributed by atoms with E-state index >= 15 is 0 Å². The van der Waals surface area contributed by atoms with E-state index in [9.17, 15) is 4.79 Å². The van der Waals surface area contributed by atoms with Crippen LogP contribution in [-0.2, 0) is 19.3 Å². The molecule has 7 heteroatoms. The molecule has 0 atom stereocenters. The fraction of sp³-hybridized carbons (Fsp3) is 0.211. The van der Waals surface area contributed by atoms with Crippen LogP contribution in [0.15, 0.2) is 53.7 Å². The zero-order chi connectivity index (χ0) is 18.5. The molecular weight excluding hydrogens is 368 g/mol. The maximum Gasteiger partial charge on any atom is 0.251 e. The number of nitrogens with zero attached hydrogens (tertiary/aromatic N) is 3. The Balaban J connectivity index is 1.59. The minimum Gasteiger partial charge on any atom is -0.345 e. The van der Waals surface area contributed by atoms with Crippen LogP contribution < -0.4 is 5.32 Å². The number of nitrogens with one attached hydrogen (secondary N) is 1. The third-order valence-electron chi connectivity index (χ3n) is 4.00. The van der Waals surface area contributed by atoms with Gasteiger partial charge in [0.2, 0.25) is 0 Å². The van der Waals surface area contributed by atoms with Gasteiger partial charge in [0, 0.05) is 23.4 Å². The van der Waals surface area contributed by atoms with E-state index in [4.69, 9.17) is 11.6 Å². The van der Waals surface area contributed by atoms with Crippen LogP contribution in [0.1, 0.15) is 27.3 Å². The minimum atomic E-state index is -0.110. The van der Waals surface area contributed by atoms with Crippen molar-refractivity contribution in [2.45, 2.75) is 24.4 Å². The van der Waals surface area contributed by atoms with Crippen molar-refractivity contribution in [2.24, 2.45) is 7.05 Å². The molecule has 0 fully saturated rings. The highest BCUT2D eigenvalue weighted by molar-refractivity contribution is 7.98. The van der Waals surface area contributed by atoms with Crippen LogP contribution in [0.25, 0.3) is 0 Å². The van der Waals surface area contributed by atoms with E-state index in [1.165, 1.54) is 0 Å². The highest BCUT2D eigenvalue weighted by Crippen LogP contribution is 2.22. The van der Waals surface area contributed by atoms with Gasteiger partial charge in [-0.1, -0.05) is 53.7 Å². The van der Waals surface area contributed by atoms with Gasteiger partial charge in [-0.3, -0.25) is 4.79 Å². The van der Waals surface area contributed by atoms with E-state index in [1.54, 1.807) is 11.8 Å². The second-order valence-corrected chi connectivity index (χ2v) is 7.25. The van der Waals surface area contributed by atoms with Crippen LogP contribution in [0.3, 0.4) is 0 Å². The molecule has 0 unspecified atom stereocenters. The first-order valence-corrected chi connectivity index (χ1v) is 9.50. The molecule has 0 radical (unpaired) electrons. The van der Waals surface area contributed by atoms with Crippen molar-refractivity contribution in [1.29, 1.82) is 0 Å². The molecule has 0 saturated heterocycles. The molecule has 2 aromatic carbocycles. The number of thioether (sulfide) groups is 1. The van der Waals surface area contributed by atoms with E-state index in [2.05, 4.69) is 15.5 Å². The minimum absolute atomic E-state index is 0.110. The average molecular weight is 387 g/mol. The number of aromatic nitrogens is 3. The van der Waals surface area contributed by atoms with Gasteiger partial charge < -0.3 is 9.88 Å². The van der Waals surface area contributed by atoms with Crippen molar-refractivity contribution in [2.75, 3.05) is 0 Å². The Morgan fingerprint density at radius 2 is 1.88 bits per heavy atom. The molecule has 1 heterocycles. The molecule has 0 bridgehead atoms. The molecule has 0 aliphatic heterocycles. The lowest BCUT2D eigenvalue weighted by Gasteiger charge is -2.08. The van der Waals surface area contributed by atoms with Crippen molar-refractivity contribution in [1.82, 2.24) is 20.1 Å². The molecule has 1 N–H and O–H groups in total. The second kappa shape index (κ2) is 8.38. The summed E-state index contributed by atoms with van der Waals surface area (Å²) in [6.45, 7) is 2.25. The van der Waals surface area contributed by atoms with Gasteiger partial charge in [-0.05, 0) is 36.2 Å². The van der Waals surface area contributed by atoms with E-state index in [1.807, 2.05) is 67.1 Å². The van der Waals surface area contributed by atoms with Crippen LogP contribution in [0.5, 0.6) is 0 Å². The Bertz CT molecular complexity index is 908. The van der Waals surface area contributed by atoms with Gasteiger partial charge in [0.25, 0.3) is 5.91 Å². The maximum absolute atomic E-state index is 12.3. The summed E-state index contributed by atoms with van der Waals surface area (Å²) in [6.07, 6.45) is 0. The highest BCUT2D eigenvalue weighted by atomic mass is 35.5. The lowest BCUT2D eigenvalue weighted by molar-refractivity contribution is 0.0949. The number of amides is 1. The van der Waals surface area contributed by atoms with Crippen molar-refractivity contribution >= 4 is 29.3 Å². The smallest absolute Gasteiger partial charge is 0.251 e. The number of carbonyl (C=O) groups is 1. The molecule has 1 amide bonds. The van der Waals surface area contributed by atoms with Crippen molar-refractivity contribution in [3.63, 3.8) is 0 Å². The summed E-state index contributed by atoms with van der Waals surface area (Å²) in [7, 11) is 1.90. The SMILES string of the molecule is Cc1ccccc1C(=O)NCc1nnc(SCc2ccc(Cl)cc2)n1C. The number of aryl methyl sites for hydroxylation is 1. The van der Waals surface area contributed by atoms with E-state index < -0.39 is 0 Å². The van der Waals surface area contributed by atoms with Crippen LogP contribution in [0, 0.1) is 6.92 Å². The van der Waals surface area contributed by atoms with Crippen LogP contribution >= 0.6 is 23.4 Å². The van der Waals surface area contributed by atoms with Crippen molar-refractivity contribution < 1.29 is 4.79 Å². The Morgan fingerprint density at radius 3 is 2.62 bits per heavy atom. The molecular formula is C19H19ClN4OS. The monoisotopic (exact) mass is 386 g/mol. The zero-order valence-electron chi connectivity index (χ0n) is 14.6. The third-order valence-corrected chi connectivity index (χ3v) is 5.35. The number of rotatable bonds is 6. The fourth-order valence-electron chi connectivity index (χ4n) is 2.44. The first-order valence-electron chi connectivity index (χ1n) is 8.14. The molecule has 0 aliphatic carbocycles. The summed E-state index contributed by atoms with van der Waals surface area (Å²) < 4.78 is 1.90. The average Bonchev–Trinajstić information content (AvgIpc) is 2.99. The molecule has 3 aromatic rings. The van der Waals surface area contributed by atoms with E-state index in [0.717, 1.165) is 27.1 Å². The molecule has 0 spiro atoms. The van der Waals surface area contributed by atoms with E-state index in [0.29, 0.717) is 17.9 Å². The third kappa shape index (κ3) is 4.45. The summed E-state index contributed by atoms with van der Waals surface area (Å²) in [5.74, 6) is 1.38. The number of hydrogen-bond donors (Lipinski definition) is 1. The molecule has 1 aromatic heterocycles. The second-order valence-electron chi connectivity index (χ2n) is 5.87. The molecule has 5 nitrogen and oxygen atoms in total. The number of halogens is 1. The lowest BCUT2D eigenvalue weighted by Crippen LogP contribution is -2.25. The fourth-order valence-corrected chi connectivity index (χ4v) is 3.45. The van der Waals surface area contributed by atoms with Crippen LogP contribution in [0.4, 0.5) is 0 Å². The maximum atomic E-state index is 12.3. The molecule has 0 saturated carbocycles. The van der Waals surface area contributed by atoms with Gasteiger partial charge in [0.1, 0.15) is 0 Å². The Morgan fingerprint density at radius 1 is 1.15 bits per heavy atom. The van der Waals surface area contributed by atoms with Gasteiger partial charge >= 0.3 is 0 Å². The molecule has 26 heavy (non-hydrogen) atoms. The van der Waals surface area contributed by atoms with Crippen molar-refractivity contribution in [3.8, 4) is 0 Å². The predicted molar refractivity (Wildman–Crippen MR) is 104 cm³/mol. The Kier molecular flexibility index (Phi) is 5.96. The van der Waals surface area contributed by atoms with Crippen LogP contribution in [0.2, 0.25) is 5.02 Å².